The van der Waals surface area contributed by atoms with Gasteiger partial charge in [-0.3, -0.25) is 0 Å². The summed E-state index contributed by atoms with van der Waals surface area (Å²) < 4.78 is 11.7. The van der Waals surface area contributed by atoms with Crippen LogP contribution in [0.2, 0.25) is 0 Å². The Bertz CT molecular complexity index is 831. The molecule has 0 saturated heterocycles. The minimum Gasteiger partial charge on any atom is -0.494 e. The molecule has 0 atom stereocenters. The van der Waals surface area contributed by atoms with Crippen molar-refractivity contribution in [1.29, 1.82) is 0 Å². The summed E-state index contributed by atoms with van der Waals surface area (Å²) in [5, 5.41) is 3.46. The Morgan fingerprint density at radius 1 is 0.690 bits per heavy atom. The van der Waals surface area contributed by atoms with Crippen molar-refractivity contribution < 1.29 is 9.47 Å². The highest BCUT2D eigenvalue weighted by Crippen LogP contribution is 2.20. The Hall–Kier alpha value is -2.94. The van der Waals surface area contributed by atoms with Crippen LogP contribution in [0.4, 0.5) is 5.69 Å². The molecule has 0 heterocycles. The van der Waals surface area contributed by atoms with Gasteiger partial charge in [-0.2, -0.15) is 0 Å². The molecular formula is C26H31NO2. The summed E-state index contributed by atoms with van der Waals surface area (Å²) in [7, 11) is 0. The number of anilines is 1. The predicted octanol–water partition coefficient (Wildman–Crippen LogP) is 6.84. The lowest BCUT2D eigenvalue weighted by atomic mass is 10.2. The lowest BCUT2D eigenvalue weighted by Gasteiger charge is -2.11. The zero-order valence-electron chi connectivity index (χ0n) is 17.3. The highest BCUT2D eigenvalue weighted by Gasteiger charge is 2.00. The van der Waals surface area contributed by atoms with Crippen molar-refractivity contribution in [3.63, 3.8) is 0 Å². The van der Waals surface area contributed by atoms with Crippen LogP contribution in [0.3, 0.4) is 0 Å². The average Bonchev–Trinajstić information content (AvgIpc) is 2.78. The van der Waals surface area contributed by atoms with Crippen molar-refractivity contribution in [3.8, 4) is 11.5 Å². The Morgan fingerprint density at radius 3 is 2.31 bits per heavy atom. The van der Waals surface area contributed by atoms with Gasteiger partial charge in [0, 0.05) is 18.3 Å². The molecule has 3 aromatic rings. The number of unbranched alkanes of at least 4 members (excludes halogenated alkanes) is 3. The SMILES string of the molecule is CCCCCCOc1ccc(CNc2cccc(OCc3ccccc3)c2)cc1. The lowest BCUT2D eigenvalue weighted by molar-refractivity contribution is 0.305. The monoisotopic (exact) mass is 389 g/mol. The maximum Gasteiger partial charge on any atom is 0.121 e. The number of benzene rings is 3. The van der Waals surface area contributed by atoms with Crippen LogP contribution in [-0.4, -0.2) is 6.61 Å². The molecule has 0 spiro atoms. The average molecular weight is 390 g/mol. The summed E-state index contributed by atoms with van der Waals surface area (Å²) in [5.41, 5.74) is 3.43. The van der Waals surface area contributed by atoms with Gasteiger partial charge in [0.05, 0.1) is 6.61 Å². The first kappa shape index (κ1) is 20.8. The molecule has 152 valence electrons. The zero-order valence-corrected chi connectivity index (χ0v) is 17.3. The summed E-state index contributed by atoms with van der Waals surface area (Å²) in [5.74, 6) is 1.81. The number of nitrogens with one attached hydrogen (secondary N) is 1. The van der Waals surface area contributed by atoms with E-state index in [1.54, 1.807) is 0 Å². The Kier molecular flexibility index (Phi) is 8.46. The highest BCUT2D eigenvalue weighted by molar-refractivity contribution is 5.48. The van der Waals surface area contributed by atoms with E-state index < -0.39 is 0 Å². The molecule has 0 aliphatic carbocycles. The summed E-state index contributed by atoms with van der Waals surface area (Å²) in [6, 6.07) is 26.6. The molecule has 1 N–H and O–H groups in total. The molecule has 0 aliphatic rings. The topological polar surface area (TPSA) is 30.5 Å². The maximum atomic E-state index is 5.91. The second-order valence-corrected chi connectivity index (χ2v) is 7.21. The molecule has 0 unspecified atom stereocenters. The van der Waals surface area contributed by atoms with Gasteiger partial charge in [-0.15, -0.1) is 0 Å². The number of hydrogen-bond donors (Lipinski definition) is 1. The third-order valence-electron chi connectivity index (χ3n) is 4.77. The van der Waals surface area contributed by atoms with Gasteiger partial charge < -0.3 is 14.8 Å². The first-order valence-corrected chi connectivity index (χ1v) is 10.6. The van der Waals surface area contributed by atoms with Crippen LogP contribution in [0.5, 0.6) is 11.5 Å². The van der Waals surface area contributed by atoms with E-state index in [-0.39, 0.29) is 0 Å². The Morgan fingerprint density at radius 2 is 1.52 bits per heavy atom. The molecule has 0 radical (unpaired) electrons. The largest absolute Gasteiger partial charge is 0.494 e. The van der Waals surface area contributed by atoms with E-state index in [2.05, 4.69) is 54.7 Å². The van der Waals surface area contributed by atoms with Crippen LogP contribution in [0.15, 0.2) is 78.9 Å². The molecule has 0 aromatic heterocycles. The van der Waals surface area contributed by atoms with Crippen LogP contribution >= 0.6 is 0 Å². The fraction of sp³-hybridized carbons (Fsp3) is 0.308. The van der Waals surface area contributed by atoms with Gasteiger partial charge >= 0.3 is 0 Å². The number of hydrogen-bond acceptors (Lipinski definition) is 3. The number of rotatable bonds is 12. The van der Waals surface area contributed by atoms with Gasteiger partial charge in [-0.05, 0) is 41.8 Å². The quantitative estimate of drug-likeness (QED) is 0.344. The van der Waals surface area contributed by atoms with E-state index in [9.17, 15) is 0 Å². The lowest BCUT2D eigenvalue weighted by Crippen LogP contribution is -2.01. The van der Waals surface area contributed by atoms with Crippen molar-refractivity contribution >= 4 is 5.69 Å². The van der Waals surface area contributed by atoms with Crippen molar-refractivity contribution in [2.75, 3.05) is 11.9 Å². The number of ether oxygens (including phenoxy) is 2. The van der Waals surface area contributed by atoms with Crippen LogP contribution in [0.1, 0.15) is 43.7 Å². The van der Waals surface area contributed by atoms with Crippen LogP contribution in [0.25, 0.3) is 0 Å². The van der Waals surface area contributed by atoms with E-state index in [1.807, 2.05) is 36.4 Å². The molecule has 3 heteroatoms. The highest BCUT2D eigenvalue weighted by atomic mass is 16.5. The molecule has 0 saturated carbocycles. The van der Waals surface area contributed by atoms with Gasteiger partial charge in [-0.25, -0.2) is 0 Å². The molecule has 3 rings (SSSR count). The smallest absolute Gasteiger partial charge is 0.121 e. The molecule has 29 heavy (non-hydrogen) atoms. The fourth-order valence-corrected chi connectivity index (χ4v) is 3.06. The van der Waals surface area contributed by atoms with Crippen molar-refractivity contribution in [2.45, 2.75) is 45.8 Å². The third kappa shape index (κ3) is 7.53. The minimum atomic E-state index is 0.574. The van der Waals surface area contributed by atoms with E-state index in [0.717, 1.165) is 36.8 Å². The molecule has 0 fully saturated rings. The van der Waals surface area contributed by atoms with Gasteiger partial charge in [0.2, 0.25) is 0 Å². The van der Waals surface area contributed by atoms with Crippen molar-refractivity contribution in [1.82, 2.24) is 0 Å². The van der Waals surface area contributed by atoms with Crippen molar-refractivity contribution in [2.24, 2.45) is 0 Å². The normalized spacial score (nSPS) is 10.5. The van der Waals surface area contributed by atoms with Crippen LogP contribution < -0.4 is 14.8 Å². The summed E-state index contributed by atoms with van der Waals surface area (Å²) in [6.07, 6.45) is 4.91. The van der Waals surface area contributed by atoms with Gasteiger partial charge in [0.1, 0.15) is 18.1 Å². The minimum absolute atomic E-state index is 0.574. The van der Waals surface area contributed by atoms with Crippen LogP contribution in [0, 0.1) is 0 Å². The van der Waals surface area contributed by atoms with Crippen molar-refractivity contribution in [3.05, 3.63) is 90.0 Å². The van der Waals surface area contributed by atoms with Gasteiger partial charge in [0.15, 0.2) is 0 Å². The van der Waals surface area contributed by atoms with Gasteiger partial charge in [-0.1, -0.05) is 74.7 Å². The molecule has 0 amide bonds. The van der Waals surface area contributed by atoms with E-state index in [4.69, 9.17) is 9.47 Å². The van der Waals surface area contributed by atoms with E-state index in [1.165, 1.54) is 30.4 Å². The summed E-state index contributed by atoms with van der Waals surface area (Å²) >= 11 is 0. The predicted molar refractivity (Wildman–Crippen MR) is 121 cm³/mol. The second-order valence-electron chi connectivity index (χ2n) is 7.21. The third-order valence-corrected chi connectivity index (χ3v) is 4.77. The molecule has 0 bridgehead atoms. The van der Waals surface area contributed by atoms with Gasteiger partial charge in [0.25, 0.3) is 0 Å². The summed E-state index contributed by atoms with van der Waals surface area (Å²) in [4.78, 5) is 0. The fourth-order valence-electron chi connectivity index (χ4n) is 3.06. The first-order chi connectivity index (χ1) is 14.3. The first-order valence-electron chi connectivity index (χ1n) is 10.6. The maximum absolute atomic E-state index is 5.91. The second kappa shape index (κ2) is 11.8. The Labute approximate surface area is 174 Å². The molecular weight excluding hydrogens is 358 g/mol. The van der Waals surface area contributed by atoms with E-state index >= 15 is 0 Å². The zero-order chi connectivity index (χ0) is 20.2. The van der Waals surface area contributed by atoms with E-state index in [0.29, 0.717) is 6.61 Å². The molecule has 0 aliphatic heterocycles. The van der Waals surface area contributed by atoms with Crippen LogP contribution in [-0.2, 0) is 13.2 Å². The summed E-state index contributed by atoms with van der Waals surface area (Å²) in [6.45, 7) is 4.36. The molecule has 3 aromatic carbocycles. The standard InChI is InChI=1S/C26H31NO2/c1-2-3-4-8-18-28-25-16-14-22(15-17-25)20-27-24-12-9-13-26(19-24)29-21-23-10-6-5-7-11-23/h5-7,9-17,19,27H,2-4,8,18,20-21H2,1H3. The molecule has 3 nitrogen and oxygen atoms in total. The Balaban J connectivity index is 1.43.